The van der Waals surface area contributed by atoms with Crippen molar-refractivity contribution in [2.24, 2.45) is 28.6 Å². The molecule has 0 heterocycles. The largest absolute Gasteiger partial charge is 0.393 e. The zero-order valence-electron chi connectivity index (χ0n) is 17.9. The first-order chi connectivity index (χ1) is 12.9. The molecular weight excluding hydrogens is 328 g/mol. The monoisotopic (exact) mass is 368 g/mol. The van der Waals surface area contributed by atoms with Crippen molar-refractivity contribution in [1.29, 1.82) is 0 Å². The lowest BCUT2D eigenvalue weighted by molar-refractivity contribution is 0.0494. The van der Waals surface area contributed by atoms with Gasteiger partial charge in [0.1, 0.15) is 0 Å². The van der Waals surface area contributed by atoms with Crippen LogP contribution in [0, 0.1) is 28.6 Å². The highest BCUT2D eigenvalue weighted by molar-refractivity contribution is 5.39. The van der Waals surface area contributed by atoms with Gasteiger partial charge in [-0.3, -0.25) is 0 Å². The molecule has 3 saturated carbocycles. The summed E-state index contributed by atoms with van der Waals surface area (Å²) in [5, 5.41) is 10.2. The lowest BCUT2D eigenvalue weighted by Crippen LogP contribution is -2.46. The minimum atomic E-state index is -0.115. The molecule has 4 aliphatic rings. The summed E-state index contributed by atoms with van der Waals surface area (Å²) in [6.45, 7) is 12.0. The first-order valence-corrected chi connectivity index (χ1v) is 11.7. The molecule has 0 bridgehead atoms. The Morgan fingerprint density at radius 1 is 1.07 bits per heavy atom. The van der Waals surface area contributed by atoms with E-state index in [4.69, 9.17) is 0 Å². The molecule has 3 fully saturated rings. The maximum Gasteiger partial charge on any atom is 0.0578 e. The highest BCUT2D eigenvalue weighted by Crippen LogP contribution is 2.65. The second-order valence-corrected chi connectivity index (χ2v) is 10.6. The molecule has 1 heteroatoms. The van der Waals surface area contributed by atoms with Crippen LogP contribution in [0.25, 0.3) is 0 Å². The van der Waals surface area contributed by atoms with Gasteiger partial charge in [0.05, 0.1) is 6.10 Å². The molecule has 0 saturated heterocycles. The third-order valence-corrected chi connectivity index (χ3v) is 9.14. The predicted octanol–water partition coefficient (Wildman–Crippen LogP) is 6.98. The summed E-state index contributed by atoms with van der Waals surface area (Å²) in [5.41, 5.74) is 5.57. The minimum Gasteiger partial charge on any atom is -0.393 e. The van der Waals surface area contributed by atoms with Gasteiger partial charge in [-0.05, 0) is 86.4 Å². The van der Waals surface area contributed by atoms with E-state index in [1.54, 1.807) is 11.1 Å². The molecule has 1 N–H and O–H groups in total. The SMILES string of the molecule is C=C(CCCCC)C1CCC2C3=CC=C4CC(O)CC[C@]4(C)C3CC[C@]12C. The summed E-state index contributed by atoms with van der Waals surface area (Å²) in [6.07, 6.45) is 18.4. The van der Waals surface area contributed by atoms with E-state index >= 15 is 0 Å². The third-order valence-electron chi connectivity index (χ3n) is 9.14. The lowest BCUT2D eigenvalue weighted by Gasteiger charge is -2.55. The van der Waals surface area contributed by atoms with Gasteiger partial charge < -0.3 is 5.11 Å². The first-order valence-electron chi connectivity index (χ1n) is 11.7. The smallest absolute Gasteiger partial charge is 0.0578 e. The van der Waals surface area contributed by atoms with Crippen LogP contribution in [0.3, 0.4) is 0 Å². The van der Waals surface area contributed by atoms with Crippen molar-refractivity contribution in [3.63, 3.8) is 0 Å². The van der Waals surface area contributed by atoms with Crippen molar-refractivity contribution >= 4 is 0 Å². The molecule has 0 amide bonds. The maximum absolute atomic E-state index is 10.2. The van der Waals surface area contributed by atoms with E-state index in [1.165, 1.54) is 63.4 Å². The molecule has 4 rings (SSSR count). The Morgan fingerprint density at radius 2 is 1.89 bits per heavy atom. The average Bonchev–Trinajstić information content (AvgIpc) is 3.00. The Balaban J connectivity index is 1.57. The number of fused-ring (bicyclic) bond motifs is 5. The van der Waals surface area contributed by atoms with Gasteiger partial charge in [0, 0.05) is 0 Å². The van der Waals surface area contributed by atoms with Crippen LogP contribution in [0.1, 0.15) is 91.4 Å². The second-order valence-electron chi connectivity index (χ2n) is 10.6. The van der Waals surface area contributed by atoms with E-state index in [1.807, 2.05) is 0 Å². The van der Waals surface area contributed by atoms with Crippen LogP contribution < -0.4 is 0 Å². The summed E-state index contributed by atoms with van der Waals surface area (Å²) >= 11 is 0. The van der Waals surface area contributed by atoms with Crippen LogP contribution in [0.2, 0.25) is 0 Å². The average molecular weight is 369 g/mol. The van der Waals surface area contributed by atoms with Crippen LogP contribution in [0.5, 0.6) is 0 Å². The van der Waals surface area contributed by atoms with E-state index in [0.717, 1.165) is 30.6 Å². The van der Waals surface area contributed by atoms with Crippen LogP contribution >= 0.6 is 0 Å². The van der Waals surface area contributed by atoms with Gasteiger partial charge in [-0.25, -0.2) is 0 Å². The molecule has 0 aliphatic heterocycles. The molecule has 0 aromatic carbocycles. The molecule has 1 nitrogen and oxygen atoms in total. The summed E-state index contributed by atoms with van der Waals surface area (Å²) in [6, 6.07) is 0. The van der Waals surface area contributed by atoms with Gasteiger partial charge in [-0.1, -0.05) is 69.1 Å². The number of hydrogen-bond donors (Lipinski definition) is 1. The Morgan fingerprint density at radius 3 is 2.67 bits per heavy atom. The molecule has 4 aliphatic carbocycles. The number of hydrogen-bond acceptors (Lipinski definition) is 1. The highest BCUT2D eigenvalue weighted by Gasteiger charge is 2.56. The summed E-state index contributed by atoms with van der Waals surface area (Å²) < 4.78 is 0. The van der Waals surface area contributed by atoms with Crippen LogP contribution in [-0.2, 0) is 0 Å². The van der Waals surface area contributed by atoms with Crippen LogP contribution in [-0.4, -0.2) is 11.2 Å². The molecular formula is C26H40O. The van der Waals surface area contributed by atoms with E-state index in [2.05, 4.69) is 39.5 Å². The zero-order valence-corrected chi connectivity index (χ0v) is 17.9. The molecule has 4 unspecified atom stereocenters. The molecule has 0 spiro atoms. The Labute approximate surface area is 167 Å². The van der Waals surface area contributed by atoms with Gasteiger partial charge in [0.2, 0.25) is 0 Å². The summed E-state index contributed by atoms with van der Waals surface area (Å²) in [4.78, 5) is 0. The third kappa shape index (κ3) is 3.09. The summed E-state index contributed by atoms with van der Waals surface area (Å²) in [7, 11) is 0. The van der Waals surface area contributed by atoms with Crippen molar-refractivity contribution in [3.8, 4) is 0 Å². The van der Waals surface area contributed by atoms with E-state index < -0.39 is 0 Å². The fraction of sp³-hybridized carbons (Fsp3) is 0.769. The number of aliphatic hydroxyl groups is 1. The topological polar surface area (TPSA) is 20.2 Å². The number of rotatable bonds is 5. The van der Waals surface area contributed by atoms with Crippen molar-refractivity contribution in [2.45, 2.75) is 97.5 Å². The summed E-state index contributed by atoms with van der Waals surface area (Å²) in [5.74, 6) is 2.20. The van der Waals surface area contributed by atoms with Crippen LogP contribution in [0.15, 0.2) is 35.5 Å². The van der Waals surface area contributed by atoms with Gasteiger partial charge in [-0.2, -0.15) is 0 Å². The second kappa shape index (κ2) is 7.21. The zero-order chi connectivity index (χ0) is 19.2. The van der Waals surface area contributed by atoms with Crippen molar-refractivity contribution in [3.05, 3.63) is 35.5 Å². The first kappa shape index (κ1) is 19.5. The fourth-order valence-electron chi connectivity index (χ4n) is 7.43. The number of aliphatic hydroxyl groups excluding tert-OH is 1. The Bertz CT molecular complexity index is 655. The molecule has 27 heavy (non-hydrogen) atoms. The van der Waals surface area contributed by atoms with E-state index in [-0.39, 0.29) is 6.10 Å². The van der Waals surface area contributed by atoms with Crippen LogP contribution in [0.4, 0.5) is 0 Å². The Hall–Kier alpha value is -0.820. The molecule has 150 valence electrons. The molecule has 0 aromatic heterocycles. The van der Waals surface area contributed by atoms with Gasteiger partial charge in [0.25, 0.3) is 0 Å². The normalized spacial score (nSPS) is 43.3. The number of allylic oxidation sites excluding steroid dienone is 4. The van der Waals surface area contributed by atoms with Crippen molar-refractivity contribution in [1.82, 2.24) is 0 Å². The quantitative estimate of drug-likeness (QED) is 0.410. The predicted molar refractivity (Wildman–Crippen MR) is 114 cm³/mol. The Kier molecular flexibility index (Phi) is 5.21. The maximum atomic E-state index is 10.2. The van der Waals surface area contributed by atoms with E-state index in [9.17, 15) is 5.11 Å². The molecule has 0 aromatic rings. The molecule has 0 radical (unpaired) electrons. The minimum absolute atomic E-state index is 0.115. The van der Waals surface area contributed by atoms with Crippen molar-refractivity contribution in [2.75, 3.05) is 0 Å². The van der Waals surface area contributed by atoms with E-state index in [0.29, 0.717) is 10.8 Å². The standard InChI is InChI=1S/C26H40O/c1-5-6-7-8-18(2)22-11-12-23-21-10-9-19-17-20(27)13-15-25(19,3)24(21)14-16-26(22,23)4/h9-10,20,22-24,27H,2,5-8,11-17H2,1,3-4H3/t20?,22?,23?,24?,25-,26+/m0/s1. The fourth-order valence-corrected chi connectivity index (χ4v) is 7.43. The van der Waals surface area contributed by atoms with Gasteiger partial charge >= 0.3 is 0 Å². The van der Waals surface area contributed by atoms with Crippen molar-refractivity contribution < 1.29 is 5.11 Å². The molecule has 6 atom stereocenters. The van der Waals surface area contributed by atoms with Gasteiger partial charge in [0.15, 0.2) is 0 Å². The number of unbranched alkanes of at least 4 members (excludes halogenated alkanes) is 2. The highest BCUT2D eigenvalue weighted by atomic mass is 16.3. The lowest BCUT2D eigenvalue weighted by atomic mass is 9.50. The van der Waals surface area contributed by atoms with Gasteiger partial charge in [-0.15, -0.1) is 0 Å².